The maximum atomic E-state index is 12.8. The Kier molecular flexibility index (Phi) is 5.79. The van der Waals surface area contributed by atoms with Gasteiger partial charge in [0.25, 0.3) is 11.5 Å². The van der Waals surface area contributed by atoms with Crippen LogP contribution in [0.25, 0.3) is 22.1 Å². The van der Waals surface area contributed by atoms with Gasteiger partial charge in [0.2, 0.25) is 0 Å². The lowest BCUT2D eigenvalue weighted by molar-refractivity contribution is 0.0828. The maximum absolute atomic E-state index is 12.8. The van der Waals surface area contributed by atoms with Gasteiger partial charge in [-0.25, -0.2) is 4.68 Å². The summed E-state index contributed by atoms with van der Waals surface area (Å²) in [5, 5.41) is 5.45. The number of rotatable bonds is 4. The number of nitrogens with one attached hydrogen (secondary N) is 2. The fourth-order valence-electron chi connectivity index (χ4n) is 3.22. The molecule has 2 aromatic heterocycles. The molecule has 2 heterocycles. The molecule has 8 nitrogen and oxygen atoms in total. The van der Waals surface area contributed by atoms with Gasteiger partial charge in [0.15, 0.2) is 11.5 Å². The predicted molar refractivity (Wildman–Crippen MR) is 120 cm³/mol. The second-order valence-corrected chi connectivity index (χ2v) is 7.70. The molecule has 0 radical (unpaired) electrons. The predicted octanol–water partition coefficient (Wildman–Crippen LogP) is 3.97. The van der Waals surface area contributed by atoms with Crippen molar-refractivity contribution in [1.29, 1.82) is 0 Å². The van der Waals surface area contributed by atoms with Crippen LogP contribution in [-0.4, -0.2) is 21.6 Å². The molecule has 0 atom stereocenters. The van der Waals surface area contributed by atoms with Gasteiger partial charge in [-0.3, -0.25) is 25.2 Å². The molecular weight excluding hydrogens is 432 g/mol. The number of furan rings is 1. The van der Waals surface area contributed by atoms with Gasteiger partial charge >= 0.3 is 5.91 Å². The number of hydrogen-bond donors (Lipinski definition) is 2. The molecule has 2 N–H and O–H groups in total. The summed E-state index contributed by atoms with van der Waals surface area (Å²) in [6.07, 6.45) is 0. The second kappa shape index (κ2) is 8.68. The number of aromatic nitrogens is 2. The summed E-state index contributed by atoms with van der Waals surface area (Å²) in [6.45, 7) is 3.58. The lowest BCUT2D eigenvalue weighted by atomic mass is 10.1. The van der Waals surface area contributed by atoms with E-state index in [2.05, 4.69) is 16.0 Å². The van der Waals surface area contributed by atoms with Gasteiger partial charge < -0.3 is 4.42 Å². The molecule has 0 aliphatic rings. The van der Waals surface area contributed by atoms with Crippen LogP contribution in [0.15, 0.2) is 69.9 Å². The van der Waals surface area contributed by atoms with E-state index in [9.17, 15) is 14.4 Å². The molecule has 0 aliphatic carbocycles. The van der Waals surface area contributed by atoms with Crippen molar-refractivity contribution in [2.75, 3.05) is 0 Å². The van der Waals surface area contributed by atoms with E-state index in [-0.39, 0.29) is 23.1 Å². The zero-order chi connectivity index (χ0) is 22.8. The van der Waals surface area contributed by atoms with Crippen LogP contribution in [0.2, 0.25) is 5.02 Å². The van der Waals surface area contributed by atoms with Crippen LogP contribution >= 0.6 is 11.6 Å². The molecule has 4 aromatic rings. The van der Waals surface area contributed by atoms with Gasteiger partial charge in [-0.1, -0.05) is 41.9 Å². The average Bonchev–Trinajstić information content (AvgIpc) is 3.28. The zero-order valence-electron chi connectivity index (χ0n) is 17.3. The molecule has 0 fully saturated rings. The van der Waals surface area contributed by atoms with Crippen molar-refractivity contribution < 1.29 is 14.0 Å². The van der Waals surface area contributed by atoms with Crippen LogP contribution in [-0.2, 0) is 0 Å². The fourth-order valence-corrected chi connectivity index (χ4v) is 3.45. The van der Waals surface area contributed by atoms with Crippen molar-refractivity contribution in [3.05, 3.63) is 87.5 Å². The first-order valence-corrected chi connectivity index (χ1v) is 10.2. The number of nitrogens with zero attached hydrogens (tertiary/aromatic N) is 2. The van der Waals surface area contributed by atoms with Crippen LogP contribution in [0, 0.1) is 0 Å². The summed E-state index contributed by atoms with van der Waals surface area (Å²) in [6, 6.07) is 16.6. The Morgan fingerprint density at radius 2 is 1.59 bits per heavy atom. The Balaban J connectivity index is 1.55. The van der Waals surface area contributed by atoms with Crippen LogP contribution in [0.3, 0.4) is 0 Å². The Hall–Kier alpha value is -3.91. The molecule has 2 amide bonds. The first-order valence-electron chi connectivity index (χ1n) is 9.84. The Bertz CT molecular complexity index is 1390. The summed E-state index contributed by atoms with van der Waals surface area (Å²) in [5.41, 5.74) is 5.01. The second-order valence-electron chi connectivity index (χ2n) is 7.29. The minimum Gasteiger partial charge on any atom is -0.451 e. The summed E-state index contributed by atoms with van der Waals surface area (Å²) >= 11 is 6.16. The lowest BCUT2D eigenvalue weighted by Crippen LogP contribution is -2.42. The summed E-state index contributed by atoms with van der Waals surface area (Å²) in [7, 11) is 0. The highest BCUT2D eigenvalue weighted by atomic mass is 35.5. The first-order chi connectivity index (χ1) is 15.4. The van der Waals surface area contributed by atoms with Crippen molar-refractivity contribution in [1.82, 2.24) is 20.6 Å². The molecule has 0 unspecified atom stereocenters. The standard InChI is InChI=1S/C23H19ClN4O4/c1-13(2)28-23(31)15-8-4-3-7-14(15)20(27-28)22(30)26-25-21(29)19-12-11-18(32-19)16-9-5-6-10-17(16)24/h3-13H,1-2H3,(H,25,29)(H,26,30). The molecule has 162 valence electrons. The number of hydrazine groups is 1. The van der Waals surface area contributed by atoms with E-state index >= 15 is 0 Å². The Morgan fingerprint density at radius 1 is 0.938 bits per heavy atom. The third-order valence-electron chi connectivity index (χ3n) is 4.79. The molecule has 4 rings (SSSR count). The van der Waals surface area contributed by atoms with E-state index in [1.807, 2.05) is 0 Å². The van der Waals surface area contributed by atoms with Crippen LogP contribution < -0.4 is 16.4 Å². The van der Waals surface area contributed by atoms with Crippen molar-refractivity contribution in [2.24, 2.45) is 0 Å². The number of halogens is 1. The van der Waals surface area contributed by atoms with Gasteiger partial charge in [-0.15, -0.1) is 0 Å². The highest BCUT2D eigenvalue weighted by molar-refractivity contribution is 6.33. The van der Waals surface area contributed by atoms with Gasteiger partial charge in [-0.2, -0.15) is 5.10 Å². The number of amides is 2. The third-order valence-corrected chi connectivity index (χ3v) is 5.12. The van der Waals surface area contributed by atoms with Crippen molar-refractivity contribution in [3.63, 3.8) is 0 Å². The van der Waals surface area contributed by atoms with Gasteiger partial charge in [-0.05, 0) is 44.2 Å². The minimum absolute atomic E-state index is 0.00909. The average molecular weight is 451 g/mol. The van der Waals surface area contributed by atoms with E-state index in [1.54, 1.807) is 68.4 Å². The molecule has 0 bridgehead atoms. The summed E-state index contributed by atoms with van der Waals surface area (Å²) in [4.78, 5) is 37.9. The van der Waals surface area contributed by atoms with E-state index < -0.39 is 11.8 Å². The van der Waals surface area contributed by atoms with Gasteiger partial charge in [0.1, 0.15) is 5.76 Å². The Morgan fingerprint density at radius 3 is 2.31 bits per heavy atom. The van der Waals surface area contributed by atoms with Crippen LogP contribution in [0.5, 0.6) is 0 Å². The topological polar surface area (TPSA) is 106 Å². The van der Waals surface area contributed by atoms with Crippen LogP contribution in [0.1, 0.15) is 40.9 Å². The van der Waals surface area contributed by atoms with Crippen molar-refractivity contribution >= 4 is 34.2 Å². The molecule has 0 saturated carbocycles. The third kappa shape index (κ3) is 4.00. The number of hydrogen-bond acceptors (Lipinski definition) is 5. The maximum Gasteiger partial charge on any atom is 0.305 e. The molecule has 32 heavy (non-hydrogen) atoms. The molecule has 0 spiro atoms. The molecule has 2 aromatic carbocycles. The normalized spacial score (nSPS) is 11.0. The smallest absolute Gasteiger partial charge is 0.305 e. The van der Waals surface area contributed by atoms with E-state index in [0.717, 1.165) is 0 Å². The van der Waals surface area contributed by atoms with E-state index in [1.165, 1.54) is 10.7 Å². The molecule has 9 heteroatoms. The Labute approximate surface area is 187 Å². The fraction of sp³-hybridized carbons (Fsp3) is 0.130. The highest BCUT2D eigenvalue weighted by Gasteiger charge is 2.19. The summed E-state index contributed by atoms with van der Waals surface area (Å²) in [5.74, 6) is -0.908. The number of benzene rings is 2. The largest absolute Gasteiger partial charge is 0.451 e. The highest BCUT2D eigenvalue weighted by Crippen LogP contribution is 2.29. The van der Waals surface area contributed by atoms with Crippen LogP contribution in [0.4, 0.5) is 0 Å². The first kappa shape index (κ1) is 21.3. The van der Waals surface area contributed by atoms with Gasteiger partial charge in [0, 0.05) is 10.9 Å². The molecule has 0 aliphatic heterocycles. The lowest BCUT2D eigenvalue weighted by Gasteiger charge is -2.13. The van der Waals surface area contributed by atoms with Crippen molar-refractivity contribution in [3.8, 4) is 11.3 Å². The monoisotopic (exact) mass is 450 g/mol. The number of carbonyl (C=O) groups is 2. The zero-order valence-corrected chi connectivity index (χ0v) is 18.0. The molecule has 0 saturated heterocycles. The number of carbonyl (C=O) groups excluding carboxylic acids is 2. The quantitative estimate of drug-likeness (QED) is 0.457. The minimum atomic E-state index is -0.665. The van der Waals surface area contributed by atoms with Gasteiger partial charge in [0.05, 0.1) is 16.5 Å². The summed E-state index contributed by atoms with van der Waals surface area (Å²) < 4.78 is 6.82. The molecular formula is C23H19ClN4O4. The van der Waals surface area contributed by atoms with Crippen molar-refractivity contribution in [2.45, 2.75) is 19.9 Å². The van der Waals surface area contributed by atoms with E-state index in [0.29, 0.717) is 27.1 Å². The van der Waals surface area contributed by atoms with E-state index in [4.69, 9.17) is 16.0 Å². The number of fused-ring (bicyclic) bond motifs is 1. The SMILES string of the molecule is CC(C)n1nc(C(=O)NNC(=O)c2ccc(-c3ccccc3Cl)o2)c2ccccc2c1=O.